The molecule has 100 valence electrons. The van der Waals surface area contributed by atoms with Gasteiger partial charge in [0.25, 0.3) is 5.91 Å². The van der Waals surface area contributed by atoms with Crippen LogP contribution >= 0.6 is 11.3 Å². The maximum Gasteiger partial charge on any atom is 0.251 e. The number of nitrogens with one attached hydrogen (secondary N) is 2. The highest BCUT2D eigenvalue weighted by Gasteiger charge is 2.07. The lowest BCUT2D eigenvalue weighted by molar-refractivity contribution is 0.0950. The van der Waals surface area contributed by atoms with Crippen molar-refractivity contribution in [3.8, 4) is 0 Å². The number of carbonyl (C=O) groups excluding carboxylic acids is 1. The predicted octanol–water partition coefficient (Wildman–Crippen LogP) is 2.73. The number of carbonyl (C=O) groups is 1. The van der Waals surface area contributed by atoms with E-state index < -0.39 is 0 Å². The quantitative estimate of drug-likeness (QED) is 0.902. The Labute approximate surface area is 116 Å². The number of anilines is 1. The number of thiazole rings is 1. The summed E-state index contributed by atoms with van der Waals surface area (Å²) in [5.74, 6) is -0.0675. The van der Waals surface area contributed by atoms with Crippen LogP contribution in [0.2, 0.25) is 0 Å². The first-order valence-electron chi connectivity index (χ1n) is 6.07. The molecule has 0 bridgehead atoms. The number of amides is 1. The fourth-order valence-electron chi connectivity index (χ4n) is 1.66. The van der Waals surface area contributed by atoms with Crippen molar-refractivity contribution in [3.05, 3.63) is 46.0 Å². The monoisotopic (exact) mass is 275 g/mol. The molecule has 2 N–H and O–H groups in total. The van der Waals surface area contributed by atoms with Crippen molar-refractivity contribution in [1.82, 2.24) is 10.3 Å². The fourth-order valence-corrected chi connectivity index (χ4v) is 2.33. The van der Waals surface area contributed by atoms with Gasteiger partial charge in [0.1, 0.15) is 0 Å². The Morgan fingerprint density at radius 1 is 1.32 bits per heavy atom. The van der Waals surface area contributed by atoms with E-state index in [2.05, 4.69) is 15.6 Å². The lowest BCUT2D eigenvalue weighted by Crippen LogP contribution is -2.23. The zero-order valence-corrected chi connectivity index (χ0v) is 12.1. The fraction of sp³-hybridized carbons (Fsp3) is 0.286. The molecule has 4 nitrogen and oxygen atoms in total. The van der Waals surface area contributed by atoms with Gasteiger partial charge in [-0.1, -0.05) is 6.07 Å². The van der Waals surface area contributed by atoms with Crippen LogP contribution in [0.25, 0.3) is 0 Å². The maximum atomic E-state index is 12.0. The Morgan fingerprint density at radius 2 is 2.11 bits per heavy atom. The molecule has 1 aromatic heterocycles. The van der Waals surface area contributed by atoms with Crippen LogP contribution in [0, 0.1) is 13.8 Å². The number of aromatic nitrogens is 1. The highest BCUT2D eigenvalue weighted by atomic mass is 32.1. The van der Waals surface area contributed by atoms with Crippen LogP contribution in [0.15, 0.2) is 23.6 Å². The molecule has 1 aromatic carbocycles. The summed E-state index contributed by atoms with van der Waals surface area (Å²) in [7, 11) is 1.83. The third kappa shape index (κ3) is 3.32. The van der Waals surface area contributed by atoms with Crippen LogP contribution < -0.4 is 10.6 Å². The van der Waals surface area contributed by atoms with E-state index in [-0.39, 0.29) is 5.91 Å². The Hall–Kier alpha value is -1.88. The van der Waals surface area contributed by atoms with Gasteiger partial charge in [-0.3, -0.25) is 4.79 Å². The molecular weight excluding hydrogens is 258 g/mol. The smallest absolute Gasteiger partial charge is 0.251 e. The third-order valence-corrected chi connectivity index (χ3v) is 3.87. The second-order valence-electron chi connectivity index (χ2n) is 4.38. The molecule has 0 aliphatic carbocycles. The molecular formula is C14H17N3OS. The van der Waals surface area contributed by atoms with Crippen molar-refractivity contribution in [2.45, 2.75) is 20.4 Å². The zero-order valence-electron chi connectivity index (χ0n) is 11.3. The minimum Gasteiger partial charge on any atom is -0.365 e. The standard InChI is InChI=1S/C14H17N3OS/c1-9-4-5-11(6-10(9)2)13(18)16-7-12-8-19-14(15-3)17-12/h4-6,8H,7H2,1-3H3,(H,15,17)(H,16,18). The first kappa shape index (κ1) is 13.5. The van der Waals surface area contributed by atoms with Crippen molar-refractivity contribution >= 4 is 22.4 Å². The number of rotatable bonds is 4. The summed E-state index contributed by atoms with van der Waals surface area (Å²) in [6.07, 6.45) is 0. The molecule has 1 amide bonds. The van der Waals surface area contributed by atoms with Gasteiger partial charge in [0, 0.05) is 18.0 Å². The summed E-state index contributed by atoms with van der Waals surface area (Å²) in [6, 6.07) is 5.72. The maximum absolute atomic E-state index is 12.0. The van der Waals surface area contributed by atoms with Crippen LogP contribution in [-0.4, -0.2) is 17.9 Å². The Morgan fingerprint density at radius 3 is 2.74 bits per heavy atom. The van der Waals surface area contributed by atoms with Crippen LogP contribution in [0.1, 0.15) is 27.2 Å². The highest BCUT2D eigenvalue weighted by Crippen LogP contribution is 2.14. The first-order valence-corrected chi connectivity index (χ1v) is 6.95. The average molecular weight is 275 g/mol. The summed E-state index contributed by atoms with van der Waals surface area (Å²) in [4.78, 5) is 16.3. The van der Waals surface area contributed by atoms with Gasteiger partial charge in [-0.05, 0) is 37.1 Å². The van der Waals surface area contributed by atoms with Crippen molar-refractivity contribution < 1.29 is 4.79 Å². The molecule has 2 rings (SSSR count). The van der Waals surface area contributed by atoms with Crippen LogP contribution in [0.3, 0.4) is 0 Å². The van der Waals surface area contributed by atoms with E-state index in [1.807, 2.05) is 44.5 Å². The van der Waals surface area contributed by atoms with Crippen LogP contribution in [0.5, 0.6) is 0 Å². The number of nitrogens with zero attached hydrogens (tertiary/aromatic N) is 1. The molecule has 0 atom stereocenters. The number of benzene rings is 1. The number of aryl methyl sites for hydroxylation is 2. The second-order valence-corrected chi connectivity index (χ2v) is 5.23. The first-order chi connectivity index (χ1) is 9.10. The zero-order chi connectivity index (χ0) is 13.8. The van der Waals surface area contributed by atoms with Crippen molar-refractivity contribution in [2.24, 2.45) is 0 Å². The van der Waals surface area contributed by atoms with E-state index in [1.54, 1.807) is 0 Å². The van der Waals surface area contributed by atoms with Gasteiger partial charge in [0.15, 0.2) is 5.13 Å². The van der Waals surface area contributed by atoms with E-state index >= 15 is 0 Å². The SMILES string of the molecule is CNc1nc(CNC(=O)c2ccc(C)c(C)c2)cs1. The van der Waals surface area contributed by atoms with E-state index in [0.717, 1.165) is 16.4 Å². The van der Waals surface area contributed by atoms with E-state index in [4.69, 9.17) is 0 Å². The van der Waals surface area contributed by atoms with E-state index in [9.17, 15) is 4.79 Å². The molecule has 0 aliphatic heterocycles. The molecule has 0 fully saturated rings. The molecule has 0 spiro atoms. The normalized spacial score (nSPS) is 10.3. The second kappa shape index (κ2) is 5.84. The van der Waals surface area contributed by atoms with E-state index in [1.165, 1.54) is 16.9 Å². The van der Waals surface area contributed by atoms with Gasteiger partial charge in [-0.25, -0.2) is 4.98 Å². The molecule has 0 aliphatic rings. The minimum atomic E-state index is -0.0675. The highest BCUT2D eigenvalue weighted by molar-refractivity contribution is 7.13. The third-order valence-electron chi connectivity index (χ3n) is 2.96. The molecule has 0 saturated carbocycles. The van der Waals surface area contributed by atoms with Gasteiger partial charge < -0.3 is 10.6 Å². The van der Waals surface area contributed by atoms with Crippen molar-refractivity contribution in [3.63, 3.8) is 0 Å². The van der Waals surface area contributed by atoms with Crippen molar-refractivity contribution in [1.29, 1.82) is 0 Å². The Kier molecular flexibility index (Phi) is 4.16. The van der Waals surface area contributed by atoms with E-state index in [0.29, 0.717) is 12.1 Å². The lowest BCUT2D eigenvalue weighted by Gasteiger charge is -2.06. The lowest BCUT2D eigenvalue weighted by atomic mass is 10.1. The Balaban J connectivity index is 1.99. The molecule has 19 heavy (non-hydrogen) atoms. The number of hydrogen-bond acceptors (Lipinski definition) is 4. The Bertz CT molecular complexity index is 592. The summed E-state index contributed by atoms with van der Waals surface area (Å²) < 4.78 is 0. The van der Waals surface area contributed by atoms with Gasteiger partial charge in [0.2, 0.25) is 0 Å². The minimum absolute atomic E-state index is 0.0675. The summed E-state index contributed by atoms with van der Waals surface area (Å²) in [5, 5.41) is 8.65. The molecule has 0 radical (unpaired) electrons. The predicted molar refractivity (Wildman–Crippen MR) is 78.7 cm³/mol. The van der Waals surface area contributed by atoms with Gasteiger partial charge in [0.05, 0.1) is 12.2 Å². The van der Waals surface area contributed by atoms with Gasteiger partial charge >= 0.3 is 0 Å². The molecule has 5 heteroatoms. The van der Waals surface area contributed by atoms with Crippen LogP contribution in [0.4, 0.5) is 5.13 Å². The van der Waals surface area contributed by atoms with Crippen LogP contribution in [-0.2, 0) is 6.54 Å². The summed E-state index contributed by atoms with van der Waals surface area (Å²) in [5.41, 5.74) is 3.87. The molecule has 0 saturated heterocycles. The molecule has 2 aromatic rings. The summed E-state index contributed by atoms with van der Waals surface area (Å²) in [6.45, 7) is 4.49. The largest absolute Gasteiger partial charge is 0.365 e. The topological polar surface area (TPSA) is 54.0 Å². The average Bonchev–Trinajstić information content (AvgIpc) is 2.87. The summed E-state index contributed by atoms with van der Waals surface area (Å²) >= 11 is 1.53. The van der Waals surface area contributed by atoms with Gasteiger partial charge in [-0.2, -0.15) is 0 Å². The van der Waals surface area contributed by atoms with Crippen molar-refractivity contribution in [2.75, 3.05) is 12.4 Å². The van der Waals surface area contributed by atoms with Gasteiger partial charge in [-0.15, -0.1) is 11.3 Å². The molecule has 0 unspecified atom stereocenters. The molecule has 1 heterocycles. The number of hydrogen-bond donors (Lipinski definition) is 2.